The predicted octanol–water partition coefficient (Wildman–Crippen LogP) is 2.30. The number of nitrogens with zero attached hydrogens (tertiary/aromatic N) is 2. The molecule has 1 heterocycles. The second kappa shape index (κ2) is 8.88. The quantitative estimate of drug-likeness (QED) is 0.695. The van der Waals surface area contributed by atoms with E-state index >= 15 is 0 Å². The lowest BCUT2D eigenvalue weighted by Gasteiger charge is -2.24. The van der Waals surface area contributed by atoms with Crippen molar-refractivity contribution < 1.29 is 4.74 Å². The minimum absolute atomic E-state index is 0.650. The van der Waals surface area contributed by atoms with Gasteiger partial charge in [0, 0.05) is 39.5 Å². The number of pyridine rings is 1. The van der Waals surface area contributed by atoms with Crippen LogP contribution < -0.4 is 10.2 Å². The Morgan fingerprint density at radius 3 is 2.68 bits per heavy atom. The van der Waals surface area contributed by atoms with E-state index in [0.717, 1.165) is 38.6 Å². The molecular weight excluding hydrogens is 238 g/mol. The molecule has 0 spiro atoms. The van der Waals surface area contributed by atoms with Crippen LogP contribution >= 0.6 is 0 Å². The lowest BCUT2D eigenvalue weighted by Crippen LogP contribution is -2.28. The molecule has 0 bridgehead atoms. The number of methoxy groups -OCH3 is 1. The maximum Gasteiger partial charge on any atom is 0.128 e. The summed E-state index contributed by atoms with van der Waals surface area (Å²) in [7, 11) is 1.71. The molecule has 1 aromatic heterocycles. The van der Waals surface area contributed by atoms with Crippen molar-refractivity contribution in [3.05, 3.63) is 23.9 Å². The standard InChI is InChI=1S/C15H27N3O/c1-5-18(12-13(2)3)15-7-6-14(11-17-15)10-16-8-9-19-4/h6-7,11,13,16H,5,8-10,12H2,1-4H3. The molecular formula is C15H27N3O. The van der Waals surface area contributed by atoms with Crippen LogP contribution in [0.1, 0.15) is 26.3 Å². The highest BCUT2D eigenvalue weighted by atomic mass is 16.5. The fourth-order valence-corrected chi connectivity index (χ4v) is 1.94. The third kappa shape index (κ3) is 6.03. The maximum absolute atomic E-state index is 5.00. The average molecular weight is 265 g/mol. The number of nitrogens with one attached hydrogen (secondary N) is 1. The van der Waals surface area contributed by atoms with Crippen LogP contribution in [0.3, 0.4) is 0 Å². The number of aromatic nitrogens is 1. The van der Waals surface area contributed by atoms with E-state index in [-0.39, 0.29) is 0 Å². The summed E-state index contributed by atoms with van der Waals surface area (Å²) in [6.07, 6.45) is 1.96. The summed E-state index contributed by atoms with van der Waals surface area (Å²) in [4.78, 5) is 6.87. The fourth-order valence-electron chi connectivity index (χ4n) is 1.94. The predicted molar refractivity (Wildman–Crippen MR) is 80.5 cm³/mol. The second-order valence-corrected chi connectivity index (χ2v) is 5.13. The van der Waals surface area contributed by atoms with Gasteiger partial charge in [-0.2, -0.15) is 0 Å². The van der Waals surface area contributed by atoms with Crippen LogP contribution in [-0.4, -0.2) is 38.3 Å². The molecule has 0 atom stereocenters. The topological polar surface area (TPSA) is 37.4 Å². The second-order valence-electron chi connectivity index (χ2n) is 5.13. The first-order chi connectivity index (χ1) is 9.17. The number of hydrogen-bond acceptors (Lipinski definition) is 4. The van der Waals surface area contributed by atoms with Crippen molar-refractivity contribution in [2.45, 2.75) is 27.3 Å². The molecule has 1 rings (SSSR count). The summed E-state index contributed by atoms with van der Waals surface area (Å²) in [5.74, 6) is 1.72. The van der Waals surface area contributed by atoms with Gasteiger partial charge >= 0.3 is 0 Å². The number of anilines is 1. The van der Waals surface area contributed by atoms with Crippen LogP contribution in [0.15, 0.2) is 18.3 Å². The summed E-state index contributed by atoms with van der Waals surface area (Å²) in [5, 5.41) is 3.32. The Labute approximate surface area is 117 Å². The van der Waals surface area contributed by atoms with Gasteiger partial charge in [-0.05, 0) is 24.5 Å². The maximum atomic E-state index is 5.00. The molecule has 0 amide bonds. The van der Waals surface area contributed by atoms with Crippen molar-refractivity contribution in [3.63, 3.8) is 0 Å². The molecule has 4 heteroatoms. The van der Waals surface area contributed by atoms with Crippen LogP contribution in [0, 0.1) is 5.92 Å². The molecule has 0 aromatic carbocycles. The van der Waals surface area contributed by atoms with E-state index in [0.29, 0.717) is 5.92 Å². The smallest absolute Gasteiger partial charge is 0.128 e. The molecule has 19 heavy (non-hydrogen) atoms. The zero-order valence-electron chi connectivity index (χ0n) is 12.6. The van der Waals surface area contributed by atoms with Gasteiger partial charge < -0.3 is 15.0 Å². The summed E-state index contributed by atoms with van der Waals surface area (Å²) >= 11 is 0. The van der Waals surface area contributed by atoms with Gasteiger partial charge in [-0.3, -0.25) is 0 Å². The first-order valence-corrected chi connectivity index (χ1v) is 7.06. The molecule has 0 unspecified atom stereocenters. The number of ether oxygens (including phenoxy) is 1. The molecule has 0 aliphatic heterocycles. The number of hydrogen-bond donors (Lipinski definition) is 1. The van der Waals surface area contributed by atoms with Crippen LogP contribution in [0.5, 0.6) is 0 Å². The minimum atomic E-state index is 0.650. The molecule has 0 saturated carbocycles. The van der Waals surface area contributed by atoms with Gasteiger partial charge in [-0.15, -0.1) is 0 Å². The normalized spacial score (nSPS) is 11.0. The van der Waals surface area contributed by atoms with Gasteiger partial charge in [0.1, 0.15) is 5.82 Å². The van der Waals surface area contributed by atoms with Gasteiger partial charge in [0.2, 0.25) is 0 Å². The Balaban J connectivity index is 2.49. The molecule has 0 aliphatic carbocycles. The van der Waals surface area contributed by atoms with Crippen molar-refractivity contribution in [2.75, 3.05) is 38.3 Å². The fraction of sp³-hybridized carbons (Fsp3) is 0.667. The largest absolute Gasteiger partial charge is 0.383 e. The van der Waals surface area contributed by atoms with E-state index in [4.69, 9.17) is 4.74 Å². The minimum Gasteiger partial charge on any atom is -0.383 e. The van der Waals surface area contributed by atoms with E-state index in [2.05, 4.69) is 48.1 Å². The van der Waals surface area contributed by atoms with Crippen LogP contribution in [-0.2, 0) is 11.3 Å². The average Bonchev–Trinajstić information content (AvgIpc) is 2.41. The van der Waals surface area contributed by atoms with Crippen molar-refractivity contribution in [1.82, 2.24) is 10.3 Å². The van der Waals surface area contributed by atoms with Gasteiger partial charge in [-0.25, -0.2) is 4.98 Å². The molecule has 0 fully saturated rings. The van der Waals surface area contributed by atoms with E-state index in [9.17, 15) is 0 Å². The Hall–Kier alpha value is -1.13. The SMILES string of the molecule is CCN(CC(C)C)c1ccc(CNCCOC)cn1. The van der Waals surface area contributed by atoms with Gasteiger partial charge in [0.25, 0.3) is 0 Å². The Morgan fingerprint density at radius 1 is 1.37 bits per heavy atom. The summed E-state index contributed by atoms with van der Waals surface area (Å²) < 4.78 is 5.00. The van der Waals surface area contributed by atoms with Crippen LogP contribution in [0.25, 0.3) is 0 Å². The van der Waals surface area contributed by atoms with E-state index in [1.54, 1.807) is 7.11 Å². The van der Waals surface area contributed by atoms with E-state index in [1.165, 1.54) is 5.56 Å². The van der Waals surface area contributed by atoms with Crippen molar-refractivity contribution >= 4 is 5.82 Å². The van der Waals surface area contributed by atoms with Crippen molar-refractivity contribution in [1.29, 1.82) is 0 Å². The molecule has 4 nitrogen and oxygen atoms in total. The van der Waals surface area contributed by atoms with Gasteiger partial charge in [0.05, 0.1) is 6.61 Å². The zero-order valence-corrected chi connectivity index (χ0v) is 12.6. The van der Waals surface area contributed by atoms with E-state index in [1.807, 2.05) is 6.20 Å². The molecule has 0 saturated heterocycles. The van der Waals surface area contributed by atoms with Crippen molar-refractivity contribution in [3.8, 4) is 0 Å². The molecule has 0 aliphatic rings. The third-order valence-corrected chi connectivity index (χ3v) is 2.91. The van der Waals surface area contributed by atoms with Crippen LogP contribution in [0.2, 0.25) is 0 Å². The molecule has 1 aromatic rings. The lowest BCUT2D eigenvalue weighted by atomic mass is 10.2. The molecule has 1 N–H and O–H groups in total. The first-order valence-electron chi connectivity index (χ1n) is 7.06. The third-order valence-electron chi connectivity index (χ3n) is 2.91. The van der Waals surface area contributed by atoms with Crippen LogP contribution in [0.4, 0.5) is 5.82 Å². The summed E-state index contributed by atoms with van der Waals surface area (Å²) in [5.41, 5.74) is 1.21. The summed E-state index contributed by atoms with van der Waals surface area (Å²) in [6.45, 7) is 11.1. The Kier molecular flexibility index (Phi) is 7.45. The lowest BCUT2D eigenvalue weighted by molar-refractivity contribution is 0.199. The highest BCUT2D eigenvalue weighted by molar-refractivity contribution is 5.39. The van der Waals surface area contributed by atoms with Gasteiger partial charge in [0.15, 0.2) is 0 Å². The highest BCUT2D eigenvalue weighted by Crippen LogP contribution is 2.13. The highest BCUT2D eigenvalue weighted by Gasteiger charge is 2.07. The monoisotopic (exact) mass is 265 g/mol. The number of rotatable bonds is 9. The Morgan fingerprint density at radius 2 is 2.16 bits per heavy atom. The van der Waals surface area contributed by atoms with Crippen molar-refractivity contribution in [2.24, 2.45) is 5.92 Å². The molecule has 0 radical (unpaired) electrons. The first kappa shape index (κ1) is 15.9. The summed E-state index contributed by atoms with van der Waals surface area (Å²) in [6, 6.07) is 4.25. The zero-order chi connectivity index (χ0) is 14.1. The van der Waals surface area contributed by atoms with E-state index < -0.39 is 0 Å². The Bertz CT molecular complexity index is 338. The molecule has 108 valence electrons. The van der Waals surface area contributed by atoms with Gasteiger partial charge in [-0.1, -0.05) is 19.9 Å².